The number of hydrogen-bond acceptors (Lipinski definition) is 4. The van der Waals surface area contributed by atoms with Gasteiger partial charge in [0, 0.05) is 12.1 Å². The fourth-order valence-corrected chi connectivity index (χ4v) is 1.80. The van der Waals surface area contributed by atoms with Crippen molar-refractivity contribution in [1.29, 1.82) is 0 Å². The molecular formula is C14H22N2O3. The summed E-state index contributed by atoms with van der Waals surface area (Å²) in [5, 5.41) is 10.4. The molecule has 5 heteroatoms. The summed E-state index contributed by atoms with van der Waals surface area (Å²) in [6.45, 7) is 2.84. The van der Waals surface area contributed by atoms with Gasteiger partial charge < -0.3 is 4.74 Å². The molecule has 19 heavy (non-hydrogen) atoms. The molecular weight excluding hydrogens is 244 g/mol. The largest absolute Gasteiger partial charge is 0.478 e. The fourth-order valence-electron chi connectivity index (χ4n) is 1.80. The summed E-state index contributed by atoms with van der Waals surface area (Å²) in [5.41, 5.74) is -0.0109. The van der Waals surface area contributed by atoms with Gasteiger partial charge in [-0.1, -0.05) is 45.4 Å². The molecule has 0 fully saturated rings. The highest BCUT2D eigenvalue weighted by atomic mass is 16.6. The molecule has 1 heterocycles. The van der Waals surface area contributed by atoms with Crippen LogP contribution in [0.5, 0.6) is 5.88 Å². The zero-order chi connectivity index (χ0) is 13.9. The monoisotopic (exact) mass is 266 g/mol. The average molecular weight is 266 g/mol. The first-order valence-corrected chi connectivity index (χ1v) is 6.97. The highest BCUT2D eigenvalue weighted by molar-refractivity contribution is 5.28. The predicted molar refractivity (Wildman–Crippen MR) is 74.4 cm³/mol. The van der Waals surface area contributed by atoms with Crippen LogP contribution in [-0.4, -0.2) is 16.5 Å². The summed E-state index contributed by atoms with van der Waals surface area (Å²) in [7, 11) is 0. The maximum atomic E-state index is 10.4. The van der Waals surface area contributed by atoms with Gasteiger partial charge in [0.25, 0.3) is 5.69 Å². The van der Waals surface area contributed by atoms with E-state index in [1.54, 1.807) is 6.07 Å². The predicted octanol–water partition coefficient (Wildman–Crippen LogP) is 4.12. The maximum Gasteiger partial charge on any atom is 0.287 e. The summed E-state index contributed by atoms with van der Waals surface area (Å²) in [6.07, 6.45) is 9.85. The van der Waals surface area contributed by atoms with Gasteiger partial charge >= 0.3 is 0 Å². The van der Waals surface area contributed by atoms with Crippen LogP contribution in [0.2, 0.25) is 0 Å². The number of ether oxygens (including phenoxy) is 1. The number of rotatable bonds is 10. The molecule has 0 bridgehead atoms. The van der Waals surface area contributed by atoms with Crippen LogP contribution >= 0.6 is 0 Å². The lowest BCUT2D eigenvalue weighted by atomic mass is 10.1. The van der Waals surface area contributed by atoms with Crippen LogP contribution in [0.1, 0.15) is 51.9 Å². The smallest absolute Gasteiger partial charge is 0.287 e. The van der Waals surface area contributed by atoms with E-state index in [2.05, 4.69) is 11.9 Å². The van der Waals surface area contributed by atoms with E-state index < -0.39 is 4.92 Å². The Morgan fingerprint density at radius 3 is 2.42 bits per heavy atom. The first-order valence-electron chi connectivity index (χ1n) is 6.97. The molecule has 1 aromatic heterocycles. The van der Waals surface area contributed by atoms with Crippen LogP contribution in [0.25, 0.3) is 0 Å². The zero-order valence-corrected chi connectivity index (χ0v) is 11.5. The van der Waals surface area contributed by atoms with Crippen molar-refractivity contribution in [2.75, 3.05) is 6.61 Å². The maximum absolute atomic E-state index is 10.4. The van der Waals surface area contributed by atoms with Crippen molar-refractivity contribution in [3.05, 3.63) is 28.4 Å². The van der Waals surface area contributed by atoms with Crippen molar-refractivity contribution >= 4 is 5.69 Å². The van der Waals surface area contributed by atoms with Gasteiger partial charge in [0.05, 0.1) is 11.5 Å². The Balaban J connectivity index is 2.07. The van der Waals surface area contributed by atoms with Crippen molar-refractivity contribution in [3.63, 3.8) is 0 Å². The number of unbranched alkanes of at least 4 members (excludes halogenated alkanes) is 6. The van der Waals surface area contributed by atoms with E-state index >= 15 is 0 Å². The number of aromatic nitrogens is 1. The van der Waals surface area contributed by atoms with Crippen molar-refractivity contribution in [3.8, 4) is 5.88 Å². The normalized spacial score (nSPS) is 10.4. The van der Waals surface area contributed by atoms with Gasteiger partial charge in [-0.05, 0) is 6.42 Å². The van der Waals surface area contributed by atoms with E-state index in [0.717, 1.165) is 12.8 Å². The summed E-state index contributed by atoms with van der Waals surface area (Å²) in [5.74, 6) is 0.455. The van der Waals surface area contributed by atoms with Gasteiger partial charge in [-0.2, -0.15) is 0 Å². The van der Waals surface area contributed by atoms with Crippen LogP contribution in [0.15, 0.2) is 18.3 Å². The molecule has 0 aromatic carbocycles. The molecule has 0 amide bonds. The van der Waals surface area contributed by atoms with E-state index in [9.17, 15) is 10.1 Å². The topological polar surface area (TPSA) is 65.3 Å². The number of hydrogen-bond donors (Lipinski definition) is 0. The third kappa shape index (κ3) is 6.74. The van der Waals surface area contributed by atoms with Crippen molar-refractivity contribution < 1.29 is 9.66 Å². The third-order valence-corrected chi connectivity index (χ3v) is 2.93. The summed E-state index contributed by atoms with van der Waals surface area (Å²) in [4.78, 5) is 13.9. The molecule has 0 spiro atoms. The molecule has 0 unspecified atom stereocenters. The van der Waals surface area contributed by atoms with E-state index in [4.69, 9.17) is 4.74 Å². The lowest BCUT2D eigenvalue weighted by molar-refractivity contribution is -0.385. The Morgan fingerprint density at radius 2 is 1.84 bits per heavy atom. The van der Waals surface area contributed by atoms with Gasteiger partial charge in [0.2, 0.25) is 5.88 Å². The number of pyridine rings is 1. The molecule has 0 aliphatic rings. The van der Waals surface area contributed by atoms with Crippen LogP contribution < -0.4 is 4.74 Å². The molecule has 106 valence electrons. The molecule has 0 aliphatic heterocycles. The molecule has 1 rings (SSSR count). The number of nitrogens with zero attached hydrogens (tertiary/aromatic N) is 2. The second kappa shape index (κ2) is 9.30. The summed E-state index contributed by atoms with van der Waals surface area (Å²) in [6, 6.07) is 2.95. The lowest BCUT2D eigenvalue weighted by Crippen LogP contribution is -1.99. The second-order valence-electron chi connectivity index (χ2n) is 4.58. The van der Waals surface area contributed by atoms with Crippen LogP contribution in [0.3, 0.4) is 0 Å². The number of nitro groups is 1. The standard InChI is InChI=1S/C14H22N2O3/c1-2-3-4-5-6-7-8-11-19-14-10-9-13(12-15-14)16(17)18/h9-10,12H,2-8,11H2,1H3. The molecule has 5 nitrogen and oxygen atoms in total. The first-order chi connectivity index (χ1) is 9.24. The second-order valence-corrected chi connectivity index (χ2v) is 4.58. The molecule has 1 aromatic rings. The molecule has 0 radical (unpaired) electrons. The molecule has 0 saturated heterocycles. The lowest BCUT2D eigenvalue weighted by Gasteiger charge is -2.04. The quantitative estimate of drug-likeness (QED) is 0.363. The van der Waals surface area contributed by atoms with Gasteiger partial charge in [-0.15, -0.1) is 0 Å². The Labute approximate surface area is 114 Å². The first kappa shape index (κ1) is 15.4. The van der Waals surface area contributed by atoms with Crippen molar-refractivity contribution in [2.45, 2.75) is 51.9 Å². The van der Waals surface area contributed by atoms with Crippen molar-refractivity contribution in [2.24, 2.45) is 0 Å². The fraction of sp³-hybridized carbons (Fsp3) is 0.643. The van der Waals surface area contributed by atoms with E-state index in [1.165, 1.54) is 44.4 Å². The van der Waals surface area contributed by atoms with Gasteiger partial charge in [-0.3, -0.25) is 10.1 Å². The molecule has 0 saturated carbocycles. The summed E-state index contributed by atoms with van der Waals surface area (Å²) < 4.78 is 5.43. The molecule has 0 aliphatic carbocycles. The van der Waals surface area contributed by atoms with Crippen LogP contribution in [0.4, 0.5) is 5.69 Å². The Hall–Kier alpha value is -1.65. The molecule has 0 N–H and O–H groups in total. The van der Waals surface area contributed by atoms with Crippen LogP contribution in [-0.2, 0) is 0 Å². The van der Waals surface area contributed by atoms with Gasteiger partial charge in [0.1, 0.15) is 6.20 Å². The SMILES string of the molecule is CCCCCCCCCOc1ccc([N+](=O)[O-])cn1. The van der Waals surface area contributed by atoms with Crippen molar-refractivity contribution in [1.82, 2.24) is 4.98 Å². The Kier molecular flexibility index (Phi) is 7.54. The van der Waals surface area contributed by atoms with E-state index in [-0.39, 0.29) is 5.69 Å². The Morgan fingerprint density at radius 1 is 1.16 bits per heavy atom. The molecule has 0 atom stereocenters. The minimum absolute atomic E-state index is 0.0109. The highest BCUT2D eigenvalue weighted by Gasteiger charge is 2.05. The average Bonchev–Trinajstić information content (AvgIpc) is 2.42. The van der Waals surface area contributed by atoms with Crippen LogP contribution in [0, 0.1) is 10.1 Å². The minimum Gasteiger partial charge on any atom is -0.478 e. The zero-order valence-electron chi connectivity index (χ0n) is 11.5. The third-order valence-electron chi connectivity index (χ3n) is 2.93. The van der Waals surface area contributed by atoms with Gasteiger partial charge in [-0.25, -0.2) is 4.98 Å². The highest BCUT2D eigenvalue weighted by Crippen LogP contribution is 2.14. The Bertz CT molecular complexity index is 365. The van der Waals surface area contributed by atoms with E-state index in [1.807, 2.05) is 0 Å². The van der Waals surface area contributed by atoms with Gasteiger partial charge in [0.15, 0.2) is 0 Å². The summed E-state index contributed by atoms with van der Waals surface area (Å²) >= 11 is 0. The minimum atomic E-state index is -0.465. The van der Waals surface area contributed by atoms with E-state index in [0.29, 0.717) is 12.5 Å².